The Morgan fingerprint density at radius 2 is 1.88 bits per heavy atom. The number of amides is 1. The van der Waals surface area contributed by atoms with E-state index in [0.717, 1.165) is 64.2 Å². The third-order valence-corrected chi connectivity index (χ3v) is 5.57. The van der Waals surface area contributed by atoms with Gasteiger partial charge in [-0.2, -0.15) is 0 Å². The Labute approximate surface area is 216 Å². The van der Waals surface area contributed by atoms with Crippen molar-refractivity contribution < 1.29 is 14.3 Å². The van der Waals surface area contributed by atoms with Gasteiger partial charge in [-0.15, -0.1) is 24.0 Å². The third kappa shape index (κ3) is 12.3. The molecule has 1 atom stereocenters. The van der Waals surface area contributed by atoms with Crippen LogP contribution in [0.3, 0.4) is 0 Å². The molecule has 1 aromatic carbocycles. The number of esters is 1. The minimum Gasteiger partial charge on any atom is -0.466 e. The van der Waals surface area contributed by atoms with Gasteiger partial charge in [-0.25, -0.2) is 0 Å². The van der Waals surface area contributed by atoms with E-state index < -0.39 is 0 Å². The summed E-state index contributed by atoms with van der Waals surface area (Å²) < 4.78 is 4.94. The van der Waals surface area contributed by atoms with Gasteiger partial charge in [0.1, 0.15) is 0 Å². The highest BCUT2D eigenvalue weighted by Gasteiger charge is 2.28. The lowest BCUT2D eigenvalue weighted by Gasteiger charge is -2.16. The van der Waals surface area contributed by atoms with Crippen LogP contribution in [0.25, 0.3) is 0 Å². The summed E-state index contributed by atoms with van der Waals surface area (Å²) in [5.41, 5.74) is 1.27. The van der Waals surface area contributed by atoms with E-state index in [9.17, 15) is 9.59 Å². The molecule has 1 amide bonds. The molecule has 0 radical (unpaired) electrons. The molecule has 1 heterocycles. The first-order chi connectivity index (χ1) is 15.6. The molecule has 1 aliphatic heterocycles. The normalized spacial score (nSPS) is 15.8. The highest BCUT2D eigenvalue weighted by Crippen LogP contribution is 2.18. The minimum atomic E-state index is -0.101. The summed E-state index contributed by atoms with van der Waals surface area (Å²) >= 11 is 0. The van der Waals surface area contributed by atoms with E-state index in [-0.39, 0.29) is 41.8 Å². The Bertz CT molecular complexity index is 715. The van der Waals surface area contributed by atoms with Crippen molar-refractivity contribution in [1.29, 1.82) is 0 Å². The number of likely N-dealkylation sites (tertiary alicyclic amines) is 1. The summed E-state index contributed by atoms with van der Waals surface area (Å²) in [6.07, 6.45) is 5.99. The van der Waals surface area contributed by atoms with E-state index in [1.165, 1.54) is 5.56 Å². The topological polar surface area (TPSA) is 83.0 Å². The van der Waals surface area contributed by atoms with Crippen molar-refractivity contribution in [2.75, 3.05) is 39.3 Å². The third-order valence-electron chi connectivity index (χ3n) is 5.57. The molecule has 7 nitrogen and oxygen atoms in total. The fourth-order valence-corrected chi connectivity index (χ4v) is 3.85. The number of guanidine groups is 1. The second kappa shape index (κ2) is 17.6. The number of carbonyl (C=O) groups is 2. The molecule has 1 saturated heterocycles. The number of aliphatic imine (C=N–C) groups is 1. The Balaban J connectivity index is 0.00000544. The van der Waals surface area contributed by atoms with Crippen LogP contribution in [0.5, 0.6) is 0 Å². The number of rotatable bonds is 14. The van der Waals surface area contributed by atoms with Crippen molar-refractivity contribution in [3.8, 4) is 0 Å². The van der Waals surface area contributed by atoms with Crippen LogP contribution in [0.1, 0.15) is 57.9 Å². The van der Waals surface area contributed by atoms with Gasteiger partial charge in [-0.05, 0) is 38.7 Å². The van der Waals surface area contributed by atoms with Gasteiger partial charge >= 0.3 is 5.97 Å². The Morgan fingerprint density at radius 1 is 1.12 bits per heavy atom. The van der Waals surface area contributed by atoms with Crippen LogP contribution in [0.4, 0.5) is 0 Å². The Morgan fingerprint density at radius 3 is 2.61 bits per heavy atom. The number of hydrogen-bond donors (Lipinski definition) is 2. The van der Waals surface area contributed by atoms with Gasteiger partial charge in [0.2, 0.25) is 5.91 Å². The lowest BCUT2D eigenvalue weighted by molar-refractivity contribution is -0.143. The molecule has 0 bridgehead atoms. The van der Waals surface area contributed by atoms with E-state index in [4.69, 9.17) is 9.73 Å². The molecule has 1 aliphatic rings. The van der Waals surface area contributed by atoms with E-state index >= 15 is 0 Å². The smallest absolute Gasteiger partial charge is 0.305 e. The van der Waals surface area contributed by atoms with Crippen LogP contribution in [-0.2, 0) is 20.7 Å². The lowest BCUT2D eigenvalue weighted by atomic mass is 10.1. The van der Waals surface area contributed by atoms with Crippen LogP contribution >= 0.6 is 24.0 Å². The Kier molecular flexibility index (Phi) is 15.6. The number of nitrogens with zero attached hydrogens (tertiary/aromatic N) is 2. The molecule has 1 fully saturated rings. The summed E-state index contributed by atoms with van der Waals surface area (Å²) in [5.74, 6) is 1.23. The van der Waals surface area contributed by atoms with E-state index in [0.29, 0.717) is 26.0 Å². The van der Waals surface area contributed by atoms with E-state index in [1.54, 1.807) is 0 Å². The summed E-state index contributed by atoms with van der Waals surface area (Å²) in [5, 5.41) is 6.67. The molecule has 0 aromatic heterocycles. The highest BCUT2D eigenvalue weighted by atomic mass is 127. The van der Waals surface area contributed by atoms with Gasteiger partial charge in [0.15, 0.2) is 5.96 Å². The summed E-state index contributed by atoms with van der Waals surface area (Å²) in [6, 6.07) is 10.3. The first kappa shape index (κ1) is 29.2. The van der Waals surface area contributed by atoms with Crippen LogP contribution in [0.15, 0.2) is 35.3 Å². The molecular formula is C25H41IN4O3. The molecule has 1 aromatic rings. The van der Waals surface area contributed by atoms with Gasteiger partial charge in [0.05, 0.1) is 6.61 Å². The van der Waals surface area contributed by atoms with Crippen molar-refractivity contribution in [3.05, 3.63) is 35.9 Å². The number of unbranched alkanes of at least 4 members (excludes halogenated alkanes) is 3. The molecule has 2 N–H and O–H groups in total. The second-order valence-corrected chi connectivity index (χ2v) is 8.26. The summed E-state index contributed by atoms with van der Waals surface area (Å²) in [6.45, 7) is 8.21. The summed E-state index contributed by atoms with van der Waals surface area (Å²) in [4.78, 5) is 30.4. The zero-order valence-electron chi connectivity index (χ0n) is 20.2. The van der Waals surface area contributed by atoms with Crippen LogP contribution in [0, 0.1) is 5.92 Å². The van der Waals surface area contributed by atoms with Crippen molar-refractivity contribution in [1.82, 2.24) is 15.5 Å². The molecule has 186 valence electrons. The van der Waals surface area contributed by atoms with Gasteiger partial charge in [-0.1, -0.05) is 43.2 Å². The zero-order chi connectivity index (χ0) is 23.0. The Hall–Kier alpha value is -1.84. The highest BCUT2D eigenvalue weighted by molar-refractivity contribution is 14.0. The number of ether oxygens (including phenoxy) is 1. The second-order valence-electron chi connectivity index (χ2n) is 8.26. The molecule has 0 saturated carbocycles. The predicted molar refractivity (Wildman–Crippen MR) is 144 cm³/mol. The molecule has 2 rings (SSSR count). The standard InChI is InChI=1S/C25H40N4O3.HI/c1-3-26-25(27-16-11-6-5-10-14-24(31)32-4-2)28-19-22-18-23(30)29(20-22)17-15-21-12-8-7-9-13-21;/h7-9,12-13,22H,3-6,10-11,14-20H2,1-2H3,(H2,26,27,28);1H. The number of carbonyl (C=O) groups excluding carboxylic acids is 2. The van der Waals surface area contributed by atoms with Gasteiger partial charge in [0.25, 0.3) is 0 Å². The number of benzene rings is 1. The quantitative estimate of drug-likeness (QED) is 0.117. The molecular weight excluding hydrogens is 531 g/mol. The van der Waals surface area contributed by atoms with Gasteiger partial charge in [0, 0.05) is 51.5 Å². The monoisotopic (exact) mass is 572 g/mol. The summed E-state index contributed by atoms with van der Waals surface area (Å²) in [7, 11) is 0. The maximum absolute atomic E-state index is 12.4. The molecule has 1 unspecified atom stereocenters. The minimum absolute atomic E-state index is 0. The number of hydrogen-bond acceptors (Lipinski definition) is 4. The van der Waals surface area contributed by atoms with Crippen LogP contribution in [0.2, 0.25) is 0 Å². The largest absolute Gasteiger partial charge is 0.466 e. The zero-order valence-corrected chi connectivity index (χ0v) is 22.5. The first-order valence-electron chi connectivity index (χ1n) is 12.1. The number of halogens is 1. The molecule has 8 heteroatoms. The first-order valence-corrected chi connectivity index (χ1v) is 12.1. The maximum atomic E-state index is 12.4. The fourth-order valence-electron chi connectivity index (χ4n) is 3.85. The SMILES string of the molecule is CCNC(=NCC1CC(=O)N(CCc2ccccc2)C1)NCCCCCCC(=O)OCC.I. The van der Waals surface area contributed by atoms with Gasteiger partial charge in [-0.3, -0.25) is 14.6 Å². The fraction of sp³-hybridized carbons (Fsp3) is 0.640. The van der Waals surface area contributed by atoms with Crippen LogP contribution in [-0.4, -0.2) is 62.1 Å². The molecule has 0 spiro atoms. The maximum Gasteiger partial charge on any atom is 0.305 e. The molecule has 0 aliphatic carbocycles. The van der Waals surface area contributed by atoms with Crippen LogP contribution < -0.4 is 10.6 Å². The average Bonchev–Trinajstić information content (AvgIpc) is 3.15. The van der Waals surface area contributed by atoms with Crippen molar-refractivity contribution in [2.24, 2.45) is 10.9 Å². The predicted octanol–water partition coefficient (Wildman–Crippen LogP) is 3.76. The van der Waals surface area contributed by atoms with Gasteiger partial charge < -0.3 is 20.3 Å². The molecule has 33 heavy (non-hydrogen) atoms. The number of nitrogens with one attached hydrogen (secondary N) is 2. The van der Waals surface area contributed by atoms with E-state index in [2.05, 4.69) is 29.7 Å². The lowest BCUT2D eigenvalue weighted by Crippen LogP contribution is -2.38. The van der Waals surface area contributed by atoms with Crippen molar-refractivity contribution in [2.45, 2.75) is 58.8 Å². The van der Waals surface area contributed by atoms with Crippen molar-refractivity contribution in [3.63, 3.8) is 0 Å². The average molecular weight is 573 g/mol. The van der Waals surface area contributed by atoms with E-state index in [1.807, 2.05) is 30.0 Å². The van der Waals surface area contributed by atoms with Crippen molar-refractivity contribution >= 4 is 41.8 Å².